The molecule has 0 N–H and O–H groups in total. The van der Waals surface area contributed by atoms with Crippen LogP contribution in [0.5, 0.6) is 0 Å². The van der Waals surface area contributed by atoms with Gasteiger partial charge in [-0.3, -0.25) is 0 Å². The van der Waals surface area contributed by atoms with Crippen LogP contribution in [0.4, 0.5) is 0 Å². The highest BCUT2D eigenvalue weighted by Gasteiger charge is 2.05. The van der Waals surface area contributed by atoms with Crippen molar-refractivity contribution >= 4 is 17.2 Å². The summed E-state index contributed by atoms with van der Waals surface area (Å²) in [4.78, 5) is 4.47. The van der Waals surface area contributed by atoms with Crippen molar-refractivity contribution < 1.29 is 0 Å². The van der Waals surface area contributed by atoms with Crippen LogP contribution >= 0.6 is 11.6 Å². The number of rotatable bonds is 2. The van der Waals surface area contributed by atoms with Crippen molar-refractivity contribution in [3.8, 4) is 0 Å². The van der Waals surface area contributed by atoms with E-state index in [0.29, 0.717) is 5.02 Å². The maximum atomic E-state index is 5.92. The largest absolute Gasteiger partial charge is 0.219 e. The van der Waals surface area contributed by atoms with E-state index in [1.165, 1.54) is 11.1 Å². The second-order valence-corrected chi connectivity index (χ2v) is 4.78. The van der Waals surface area contributed by atoms with Gasteiger partial charge in [-0.1, -0.05) is 41.4 Å². The van der Waals surface area contributed by atoms with Gasteiger partial charge in [0.15, 0.2) is 11.5 Å². The summed E-state index contributed by atoms with van der Waals surface area (Å²) in [5, 5.41) is 5.08. The fraction of sp³-hybridized carbons (Fsp3) is 0.143. The number of benzene rings is 1. The summed E-state index contributed by atoms with van der Waals surface area (Å²) in [7, 11) is 0. The van der Waals surface area contributed by atoms with Crippen LogP contribution < -0.4 is 0 Å². The van der Waals surface area contributed by atoms with Gasteiger partial charge in [-0.15, -0.1) is 0 Å². The zero-order chi connectivity index (χ0) is 12.5. The summed E-state index contributed by atoms with van der Waals surface area (Å²) in [6.07, 6.45) is 2.50. The zero-order valence-corrected chi connectivity index (χ0v) is 10.7. The molecule has 18 heavy (non-hydrogen) atoms. The van der Waals surface area contributed by atoms with E-state index in [1.54, 1.807) is 10.7 Å². The Morgan fingerprint density at radius 1 is 1.22 bits per heavy atom. The molecule has 2 heterocycles. The topological polar surface area (TPSA) is 30.2 Å². The Bertz CT molecular complexity index is 703. The van der Waals surface area contributed by atoms with Crippen LogP contribution in [0.15, 0.2) is 42.6 Å². The van der Waals surface area contributed by atoms with Gasteiger partial charge >= 0.3 is 0 Å². The molecule has 0 bridgehead atoms. The molecule has 0 unspecified atom stereocenters. The van der Waals surface area contributed by atoms with E-state index in [0.717, 1.165) is 17.9 Å². The van der Waals surface area contributed by atoms with Gasteiger partial charge in [-0.2, -0.15) is 5.10 Å². The lowest BCUT2D eigenvalue weighted by Gasteiger charge is -1.98. The average molecular weight is 258 g/mol. The fourth-order valence-corrected chi connectivity index (χ4v) is 2.14. The first kappa shape index (κ1) is 11.2. The number of hydrogen-bond donors (Lipinski definition) is 0. The van der Waals surface area contributed by atoms with Crippen LogP contribution in [0.1, 0.15) is 17.0 Å². The monoisotopic (exact) mass is 257 g/mol. The Labute approximate surface area is 110 Å². The third kappa shape index (κ3) is 2.22. The summed E-state index contributed by atoms with van der Waals surface area (Å²) >= 11 is 5.92. The third-order valence-corrected chi connectivity index (χ3v) is 3.01. The van der Waals surface area contributed by atoms with E-state index in [1.807, 2.05) is 12.1 Å². The maximum absolute atomic E-state index is 5.92. The van der Waals surface area contributed by atoms with Crippen molar-refractivity contribution in [2.45, 2.75) is 13.3 Å². The Kier molecular flexibility index (Phi) is 2.76. The Balaban J connectivity index is 1.95. The van der Waals surface area contributed by atoms with E-state index in [4.69, 9.17) is 11.6 Å². The van der Waals surface area contributed by atoms with Crippen LogP contribution in [0, 0.1) is 6.92 Å². The van der Waals surface area contributed by atoms with E-state index in [9.17, 15) is 0 Å². The van der Waals surface area contributed by atoms with Crippen molar-refractivity contribution in [3.63, 3.8) is 0 Å². The average Bonchev–Trinajstić information content (AvgIpc) is 2.70. The third-order valence-electron chi connectivity index (χ3n) is 2.78. The number of halogens is 1. The summed E-state index contributed by atoms with van der Waals surface area (Å²) in [6.45, 7) is 2.08. The van der Waals surface area contributed by atoms with E-state index in [2.05, 4.69) is 41.3 Å². The second kappa shape index (κ2) is 4.42. The van der Waals surface area contributed by atoms with Crippen molar-refractivity contribution in [1.29, 1.82) is 0 Å². The molecule has 90 valence electrons. The molecule has 0 saturated heterocycles. The highest BCUT2D eigenvalue weighted by atomic mass is 35.5. The lowest BCUT2D eigenvalue weighted by atomic mass is 10.1. The molecule has 0 atom stereocenters. The highest BCUT2D eigenvalue weighted by Crippen LogP contribution is 2.12. The number of fused-ring (bicyclic) bond motifs is 1. The number of nitrogens with zero attached hydrogens (tertiary/aromatic N) is 3. The fourth-order valence-electron chi connectivity index (χ4n) is 1.98. The van der Waals surface area contributed by atoms with Gasteiger partial charge in [0.2, 0.25) is 0 Å². The Morgan fingerprint density at radius 3 is 2.94 bits per heavy atom. The van der Waals surface area contributed by atoms with Crippen molar-refractivity contribution in [2.75, 3.05) is 0 Å². The molecule has 3 aromatic rings. The molecule has 2 aromatic heterocycles. The van der Waals surface area contributed by atoms with Crippen LogP contribution in [0.25, 0.3) is 5.65 Å². The lowest BCUT2D eigenvalue weighted by molar-refractivity contribution is 0.900. The van der Waals surface area contributed by atoms with Crippen molar-refractivity contribution in [3.05, 3.63) is 64.6 Å². The molecule has 1 aromatic carbocycles. The first-order valence-corrected chi connectivity index (χ1v) is 6.15. The summed E-state index contributed by atoms with van der Waals surface area (Å²) in [5.41, 5.74) is 3.29. The van der Waals surface area contributed by atoms with Crippen molar-refractivity contribution in [1.82, 2.24) is 14.6 Å². The number of pyridine rings is 1. The van der Waals surface area contributed by atoms with Gasteiger partial charge in [-0.25, -0.2) is 9.50 Å². The minimum atomic E-state index is 0.662. The van der Waals surface area contributed by atoms with E-state index < -0.39 is 0 Å². The summed E-state index contributed by atoms with van der Waals surface area (Å²) < 4.78 is 1.72. The molecule has 3 rings (SSSR count). The molecule has 0 aliphatic heterocycles. The minimum absolute atomic E-state index is 0.662. The molecule has 3 nitrogen and oxygen atoms in total. The predicted octanol–water partition coefficient (Wildman–Crippen LogP) is 3.28. The first-order chi connectivity index (χ1) is 8.70. The lowest BCUT2D eigenvalue weighted by Crippen LogP contribution is -1.92. The van der Waals surface area contributed by atoms with E-state index >= 15 is 0 Å². The first-order valence-electron chi connectivity index (χ1n) is 5.77. The molecule has 0 aliphatic carbocycles. The Morgan fingerprint density at radius 2 is 2.11 bits per heavy atom. The summed E-state index contributed by atoms with van der Waals surface area (Å²) in [5.74, 6) is 0.808. The molecule has 0 radical (unpaired) electrons. The minimum Gasteiger partial charge on any atom is -0.219 e. The van der Waals surface area contributed by atoms with Crippen LogP contribution in [-0.2, 0) is 6.42 Å². The molecule has 0 aliphatic rings. The predicted molar refractivity (Wildman–Crippen MR) is 72.0 cm³/mol. The molecule has 0 spiro atoms. The molecule has 4 heteroatoms. The quantitative estimate of drug-likeness (QED) is 0.705. The maximum Gasteiger partial charge on any atom is 0.156 e. The van der Waals surface area contributed by atoms with Gasteiger partial charge < -0.3 is 0 Å². The molecule has 0 amide bonds. The SMILES string of the molecule is Cc1cccc(Cc2nc3ccc(Cl)cn3n2)c1. The van der Waals surface area contributed by atoms with Gasteiger partial charge in [-0.05, 0) is 24.6 Å². The van der Waals surface area contributed by atoms with Gasteiger partial charge in [0, 0.05) is 12.6 Å². The normalized spacial score (nSPS) is 11.0. The molecule has 0 fully saturated rings. The van der Waals surface area contributed by atoms with Crippen LogP contribution in [0.2, 0.25) is 5.02 Å². The zero-order valence-electron chi connectivity index (χ0n) is 9.97. The van der Waals surface area contributed by atoms with Gasteiger partial charge in [0.25, 0.3) is 0 Å². The second-order valence-electron chi connectivity index (χ2n) is 4.34. The molecule has 0 saturated carbocycles. The van der Waals surface area contributed by atoms with Crippen molar-refractivity contribution in [2.24, 2.45) is 0 Å². The Hall–Kier alpha value is -1.87. The highest BCUT2D eigenvalue weighted by molar-refractivity contribution is 6.30. The molecular formula is C14H12ClN3. The standard InChI is InChI=1S/C14H12ClN3/c1-10-3-2-4-11(7-10)8-13-16-14-6-5-12(15)9-18(14)17-13/h2-7,9H,8H2,1H3. The van der Waals surface area contributed by atoms with Crippen LogP contribution in [0.3, 0.4) is 0 Å². The van der Waals surface area contributed by atoms with Gasteiger partial charge in [0.1, 0.15) is 0 Å². The van der Waals surface area contributed by atoms with Gasteiger partial charge in [0.05, 0.1) is 5.02 Å². The van der Waals surface area contributed by atoms with Crippen LogP contribution in [-0.4, -0.2) is 14.6 Å². The smallest absolute Gasteiger partial charge is 0.156 e. The number of aromatic nitrogens is 3. The van der Waals surface area contributed by atoms with E-state index in [-0.39, 0.29) is 0 Å². The number of hydrogen-bond acceptors (Lipinski definition) is 2. The molecular weight excluding hydrogens is 246 g/mol. The number of aryl methyl sites for hydroxylation is 1. The summed E-state index contributed by atoms with van der Waals surface area (Å²) in [6, 6.07) is 12.1.